The van der Waals surface area contributed by atoms with Crippen LogP contribution in [0.25, 0.3) is 0 Å². The highest BCUT2D eigenvalue weighted by atomic mass is 35.5. The summed E-state index contributed by atoms with van der Waals surface area (Å²) in [5, 5.41) is 4.50. The van der Waals surface area contributed by atoms with Crippen LogP contribution in [0.4, 0.5) is 0 Å². The van der Waals surface area contributed by atoms with E-state index in [1.54, 1.807) is 0 Å². The van der Waals surface area contributed by atoms with Gasteiger partial charge in [-0.05, 0) is 56.3 Å². The molecule has 1 saturated heterocycles. The van der Waals surface area contributed by atoms with Crippen molar-refractivity contribution in [3.63, 3.8) is 0 Å². The molecule has 0 amide bonds. The monoisotopic (exact) mass is 237 g/mol. The van der Waals surface area contributed by atoms with E-state index in [1.165, 1.54) is 37.8 Å². The molecule has 16 heavy (non-hydrogen) atoms. The molecule has 2 rings (SSSR count). The summed E-state index contributed by atoms with van der Waals surface area (Å²) in [4.78, 5) is 0. The molecule has 1 aliphatic heterocycles. The van der Waals surface area contributed by atoms with Crippen molar-refractivity contribution in [1.82, 2.24) is 5.32 Å². The minimum absolute atomic E-state index is 0.402. The van der Waals surface area contributed by atoms with Gasteiger partial charge in [-0.15, -0.1) is 0 Å². The van der Waals surface area contributed by atoms with Gasteiger partial charge in [-0.3, -0.25) is 0 Å². The van der Waals surface area contributed by atoms with Gasteiger partial charge in [-0.25, -0.2) is 0 Å². The third-order valence-electron chi connectivity index (χ3n) is 3.81. The summed E-state index contributed by atoms with van der Waals surface area (Å²) < 4.78 is 0. The van der Waals surface area contributed by atoms with E-state index in [0.717, 1.165) is 11.4 Å². The van der Waals surface area contributed by atoms with Crippen molar-refractivity contribution < 1.29 is 0 Å². The van der Waals surface area contributed by atoms with Crippen molar-refractivity contribution in [2.75, 3.05) is 6.54 Å². The lowest BCUT2D eigenvalue weighted by atomic mass is 9.87. The number of nitrogens with one attached hydrogen (secondary N) is 1. The van der Waals surface area contributed by atoms with Gasteiger partial charge in [0.2, 0.25) is 0 Å². The first-order valence-electron chi connectivity index (χ1n) is 6.24. The summed E-state index contributed by atoms with van der Waals surface area (Å²) in [5.74, 6) is 0. The van der Waals surface area contributed by atoms with Gasteiger partial charge in [0.15, 0.2) is 0 Å². The van der Waals surface area contributed by atoms with E-state index in [4.69, 9.17) is 11.6 Å². The Kier molecular flexibility index (Phi) is 3.88. The largest absolute Gasteiger partial charge is 0.311 e. The summed E-state index contributed by atoms with van der Waals surface area (Å²) in [6, 6.07) is 8.25. The number of rotatable bonds is 4. The molecule has 1 heterocycles. The number of hydrogen-bond acceptors (Lipinski definition) is 1. The Balaban J connectivity index is 1.93. The average Bonchev–Trinajstić information content (AvgIpc) is 2.78. The van der Waals surface area contributed by atoms with Crippen molar-refractivity contribution >= 4 is 11.6 Å². The van der Waals surface area contributed by atoms with E-state index in [0.29, 0.717) is 5.54 Å². The highest BCUT2D eigenvalue weighted by Crippen LogP contribution is 2.28. The van der Waals surface area contributed by atoms with Crippen molar-refractivity contribution in [3.8, 4) is 0 Å². The molecule has 1 aromatic carbocycles. The van der Waals surface area contributed by atoms with Crippen LogP contribution in [0.2, 0.25) is 5.02 Å². The van der Waals surface area contributed by atoms with Gasteiger partial charge in [0, 0.05) is 10.6 Å². The van der Waals surface area contributed by atoms with Gasteiger partial charge < -0.3 is 5.32 Å². The predicted molar refractivity (Wildman–Crippen MR) is 70.0 cm³/mol. The SMILES string of the molecule is CCC1(CCc2ccc(Cl)cc2)CCCN1. The Labute approximate surface area is 103 Å². The molecule has 0 radical (unpaired) electrons. The number of halogens is 1. The second-order valence-electron chi connectivity index (χ2n) is 4.79. The van der Waals surface area contributed by atoms with Gasteiger partial charge in [-0.1, -0.05) is 30.7 Å². The molecular weight excluding hydrogens is 218 g/mol. The Hall–Kier alpha value is -0.530. The first kappa shape index (κ1) is 11.9. The molecule has 2 heteroatoms. The lowest BCUT2D eigenvalue weighted by Crippen LogP contribution is -2.39. The first-order valence-corrected chi connectivity index (χ1v) is 6.61. The van der Waals surface area contributed by atoms with E-state index in [1.807, 2.05) is 12.1 Å². The summed E-state index contributed by atoms with van der Waals surface area (Å²) in [6.07, 6.45) is 6.29. The number of aryl methyl sites for hydroxylation is 1. The van der Waals surface area contributed by atoms with Gasteiger partial charge in [0.05, 0.1) is 0 Å². The summed E-state index contributed by atoms with van der Waals surface area (Å²) in [6.45, 7) is 3.48. The van der Waals surface area contributed by atoms with E-state index in [-0.39, 0.29) is 0 Å². The van der Waals surface area contributed by atoms with Gasteiger partial charge in [-0.2, -0.15) is 0 Å². The summed E-state index contributed by atoms with van der Waals surface area (Å²) in [7, 11) is 0. The second-order valence-corrected chi connectivity index (χ2v) is 5.23. The zero-order chi connectivity index (χ0) is 11.4. The van der Waals surface area contributed by atoms with Gasteiger partial charge in [0.25, 0.3) is 0 Å². The first-order chi connectivity index (χ1) is 7.74. The fraction of sp³-hybridized carbons (Fsp3) is 0.571. The molecule has 1 aliphatic rings. The van der Waals surface area contributed by atoms with Crippen LogP contribution in [0.3, 0.4) is 0 Å². The second kappa shape index (κ2) is 5.20. The molecule has 0 saturated carbocycles. The van der Waals surface area contributed by atoms with E-state index >= 15 is 0 Å². The summed E-state index contributed by atoms with van der Waals surface area (Å²) >= 11 is 5.88. The number of hydrogen-bond donors (Lipinski definition) is 1. The van der Waals surface area contributed by atoms with E-state index < -0.39 is 0 Å². The van der Waals surface area contributed by atoms with Crippen LogP contribution in [0.15, 0.2) is 24.3 Å². The van der Waals surface area contributed by atoms with Crippen molar-refractivity contribution in [1.29, 1.82) is 0 Å². The maximum absolute atomic E-state index is 5.88. The predicted octanol–water partition coefficient (Wildman–Crippen LogP) is 3.80. The third-order valence-corrected chi connectivity index (χ3v) is 4.07. The topological polar surface area (TPSA) is 12.0 Å². The molecule has 1 fully saturated rings. The number of benzene rings is 1. The van der Waals surface area contributed by atoms with Crippen molar-refractivity contribution in [3.05, 3.63) is 34.9 Å². The molecule has 1 N–H and O–H groups in total. The standard InChI is InChI=1S/C14H20ClN/c1-2-14(9-3-11-16-14)10-8-12-4-6-13(15)7-5-12/h4-7,16H,2-3,8-11H2,1H3. The Morgan fingerprint density at radius 2 is 2.06 bits per heavy atom. The molecule has 1 aromatic rings. The third kappa shape index (κ3) is 2.78. The van der Waals surface area contributed by atoms with Crippen LogP contribution in [0.1, 0.15) is 38.2 Å². The van der Waals surface area contributed by atoms with Crippen molar-refractivity contribution in [2.45, 2.75) is 44.6 Å². The average molecular weight is 238 g/mol. The fourth-order valence-electron chi connectivity index (χ4n) is 2.60. The molecule has 88 valence electrons. The van der Waals surface area contributed by atoms with Crippen LogP contribution >= 0.6 is 11.6 Å². The van der Waals surface area contributed by atoms with Crippen molar-refractivity contribution in [2.24, 2.45) is 0 Å². The molecular formula is C14H20ClN. The minimum Gasteiger partial charge on any atom is -0.311 e. The minimum atomic E-state index is 0.402. The molecule has 1 unspecified atom stereocenters. The van der Waals surface area contributed by atoms with Crippen LogP contribution < -0.4 is 5.32 Å². The smallest absolute Gasteiger partial charge is 0.0406 e. The van der Waals surface area contributed by atoms with Gasteiger partial charge in [0.1, 0.15) is 0 Å². The molecule has 0 bridgehead atoms. The Bertz CT molecular complexity index is 325. The van der Waals surface area contributed by atoms with Crippen LogP contribution in [0.5, 0.6) is 0 Å². The zero-order valence-electron chi connectivity index (χ0n) is 9.93. The zero-order valence-corrected chi connectivity index (χ0v) is 10.7. The lowest BCUT2D eigenvalue weighted by molar-refractivity contribution is 0.336. The Morgan fingerprint density at radius 3 is 2.62 bits per heavy atom. The normalized spacial score (nSPS) is 24.9. The maximum atomic E-state index is 5.88. The van der Waals surface area contributed by atoms with Crippen LogP contribution in [0, 0.1) is 0 Å². The Morgan fingerprint density at radius 1 is 1.31 bits per heavy atom. The maximum Gasteiger partial charge on any atom is 0.0406 e. The molecule has 0 aromatic heterocycles. The quantitative estimate of drug-likeness (QED) is 0.840. The lowest BCUT2D eigenvalue weighted by Gasteiger charge is -2.28. The molecule has 0 spiro atoms. The molecule has 1 atom stereocenters. The molecule has 0 aliphatic carbocycles. The summed E-state index contributed by atoms with van der Waals surface area (Å²) in [5.41, 5.74) is 1.80. The molecule has 1 nitrogen and oxygen atoms in total. The fourth-order valence-corrected chi connectivity index (χ4v) is 2.72. The van der Waals surface area contributed by atoms with E-state index in [2.05, 4.69) is 24.4 Å². The van der Waals surface area contributed by atoms with Crippen LogP contribution in [-0.2, 0) is 6.42 Å². The van der Waals surface area contributed by atoms with Gasteiger partial charge >= 0.3 is 0 Å². The van der Waals surface area contributed by atoms with E-state index in [9.17, 15) is 0 Å². The van der Waals surface area contributed by atoms with Crippen LogP contribution in [-0.4, -0.2) is 12.1 Å². The highest BCUT2D eigenvalue weighted by molar-refractivity contribution is 6.30. The highest BCUT2D eigenvalue weighted by Gasteiger charge is 2.30.